The summed E-state index contributed by atoms with van der Waals surface area (Å²) in [5.74, 6) is 1.21. The molecular weight excluding hydrogens is 560 g/mol. The number of fused-ring (bicyclic) bond motifs is 7. The van der Waals surface area contributed by atoms with Gasteiger partial charge in [0.1, 0.15) is 24.4 Å². The first-order valence-electron chi connectivity index (χ1n) is 17.6. The SMILES string of the molecule is CC1(C)CC[C@@]2(C(=O)O[C@H]3O[C@@H](CO)[C@H](O)[C@@H](O)[C@@H]3O)CC[C@]3(C)[C@@H](CC[C@@H]4[C@@]5(C)CC[C@@H](O)C(C)(C)[C@H]5CC[C@]43C)[C@@H]2C1. The van der Waals surface area contributed by atoms with Crippen molar-refractivity contribution < 1.29 is 39.8 Å². The lowest BCUT2D eigenvalue weighted by Gasteiger charge is -2.73. The van der Waals surface area contributed by atoms with Gasteiger partial charge in [0, 0.05) is 0 Å². The van der Waals surface area contributed by atoms with Crippen molar-refractivity contribution >= 4 is 5.97 Å². The fourth-order valence-corrected chi connectivity index (χ4v) is 12.8. The lowest BCUT2D eigenvalue weighted by atomic mass is 9.31. The summed E-state index contributed by atoms with van der Waals surface area (Å²) in [5, 5.41) is 52.1. The van der Waals surface area contributed by atoms with E-state index in [9.17, 15) is 30.3 Å². The molecule has 1 aliphatic heterocycles. The Bertz CT molecular complexity index is 1120. The highest BCUT2D eigenvalue weighted by Gasteiger charge is 2.71. The Morgan fingerprint density at radius 3 is 2.09 bits per heavy atom. The molecule has 0 bridgehead atoms. The van der Waals surface area contributed by atoms with Gasteiger partial charge in [0.25, 0.3) is 0 Å². The molecule has 6 rings (SSSR count). The fraction of sp³-hybridized carbons (Fsp3) is 0.972. The van der Waals surface area contributed by atoms with Crippen LogP contribution in [0.25, 0.3) is 0 Å². The van der Waals surface area contributed by atoms with E-state index in [1.165, 1.54) is 0 Å². The van der Waals surface area contributed by atoms with Crippen LogP contribution in [0.1, 0.15) is 119 Å². The van der Waals surface area contributed by atoms with Crippen LogP contribution in [0, 0.1) is 56.2 Å². The van der Waals surface area contributed by atoms with Crippen molar-refractivity contribution in [3.05, 3.63) is 0 Å². The van der Waals surface area contributed by atoms with E-state index in [4.69, 9.17) is 9.47 Å². The molecular formula is C36H60O8. The number of carbonyl (C=O) groups excluding carboxylic acids is 1. The molecule has 5 N–H and O–H groups in total. The maximum atomic E-state index is 14.4. The second kappa shape index (κ2) is 10.6. The van der Waals surface area contributed by atoms with Crippen LogP contribution in [-0.4, -0.2) is 74.9 Å². The van der Waals surface area contributed by atoms with Gasteiger partial charge in [-0.2, -0.15) is 0 Å². The first-order chi connectivity index (χ1) is 20.4. The van der Waals surface area contributed by atoms with Crippen LogP contribution >= 0.6 is 0 Å². The minimum absolute atomic E-state index is 0.0646. The predicted molar refractivity (Wildman–Crippen MR) is 165 cm³/mol. The standard InChI is InChI=1S/C36H60O8/c1-31(2)14-16-36(30(42)44-29-28(41)27(40)26(39)22(19-37)43-29)17-15-34(6)20(21(36)18-31)8-9-24-33(5)12-11-25(38)32(3,4)23(33)10-13-35(24,34)7/h20-29,37-41H,8-19H2,1-7H3/t20-,21-,22-,23+,24+,25+,26-,27+,28-,29+,33-,34+,35+,36+/m0/s1. The smallest absolute Gasteiger partial charge is 0.314 e. The molecule has 0 amide bonds. The number of aliphatic hydroxyl groups excluding tert-OH is 5. The van der Waals surface area contributed by atoms with E-state index in [0.29, 0.717) is 17.8 Å². The first-order valence-corrected chi connectivity index (χ1v) is 17.6. The summed E-state index contributed by atoms with van der Waals surface area (Å²) < 4.78 is 11.6. The highest BCUT2D eigenvalue weighted by molar-refractivity contribution is 5.78. The molecule has 44 heavy (non-hydrogen) atoms. The third-order valence-electron chi connectivity index (χ3n) is 15.7. The number of carbonyl (C=O) groups is 1. The minimum atomic E-state index is -1.59. The zero-order chi connectivity index (χ0) is 32.3. The van der Waals surface area contributed by atoms with Gasteiger partial charge >= 0.3 is 5.97 Å². The summed E-state index contributed by atoms with van der Waals surface area (Å²) in [6.07, 6.45) is 3.24. The van der Waals surface area contributed by atoms with Gasteiger partial charge in [0.15, 0.2) is 0 Å². The summed E-state index contributed by atoms with van der Waals surface area (Å²) in [6, 6.07) is 0. The molecule has 0 spiro atoms. The van der Waals surface area contributed by atoms with E-state index in [1.54, 1.807) is 0 Å². The maximum absolute atomic E-state index is 14.4. The fourth-order valence-electron chi connectivity index (χ4n) is 12.8. The van der Waals surface area contributed by atoms with Gasteiger partial charge in [0.2, 0.25) is 6.29 Å². The lowest BCUT2D eigenvalue weighted by Crippen LogP contribution is -2.68. The number of aliphatic hydroxyl groups is 5. The molecule has 6 aliphatic rings. The maximum Gasteiger partial charge on any atom is 0.314 e. The predicted octanol–water partition coefficient (Wildman–Crippen LogP) is 4.57. The van der Waals surface area contributed by atoms with Gasteiger partial charge in [-0.1, -0.05) is 48.5 Å². The normalized spacial score (nSPS) is 54.6. The second-order valence-electron chi connectivity index (χ2n) is 18.3. The van der Waals surface area contributed by atoms with Crippen LogP contribution < -0.4 is 0 Å². The van der Waals surface area contributed by atoms with E-state index >= 15 is 0 Å². The lowest BCUT2D eigenvalue weighted by molar-refractivity contribution is -0.301. The third-order valence-corrected chi connectivity index (χ3v) is 15.7. The van der Waals surface area contributed by atoms with Crippen LogP contribution in [0.4, 0.5) is 0 Å². The molecule has 1 heterocycles. The van der Waals surface area contributed by atoms with Crippen molar-refractivity contribution in [3.63, 3.8) is 0 Å². The Balaban J connectivity index is 1.32. The number of esters is 1. The van der Waals surface area contributed by atoms with Gasteiger partial charge in [-0.25, -0.2) is 0 Å². The topological polar surface area (TPSA) is 137 Å². The summed E-state index contributed by atoms with van der Waals surface area (Å²) in [4.78, 5) is 14.4. The molecule has 6 fully saturated rings. The molecule has 8 heteroatoms. The zero-order valence-corrected chi connectivity index (χ0v) is 28.2. The summed E-state index contributed by atoms with van der Waals surface area (Å²) in [7, 11) is 0. The molecule has 0 radical (unpaired) electrons. The molecule has 0 aromatic heterocycles. The Labute approximate surface area is 264 Å². The summed E-state index contributed by atoms with van der Waals surface area (Å²) in [5.41, 5.74) is -0.300. The Morgan fingerprint density at radius 2 is 1.41 bits per heavy atom. The summed E-state index contributed by atoms with van der Waals surface area (Å²) in [6.45, 7) is 16.3. The molecule has 5 saturated carbocycles. The van der Waals surface area contributed by atoms with Gasteiger partial charge in [0.05, 0.1) is 18.1 Å². The molecule has 0 aromatic rings. The average Bonchev–Trinajstić information content (AvgIpc) is 2.95. The van der Waals surface area contributed by atoms with E-state index in [1.807, 2.05) is 0 Å². The van der Waals surface area contributed by atoms with Crippen molar-refractivity contribution in [2.45, 2.75) is 156 Å². The monoisotopic (exact) mass is 620 g/mol. The zero-order valence-electron chi connectivity index (χ0n) is 28.2. The van der Waals surface area contributed by atoms with Crippen LogP contribution in [0.5, 0.6) is 0 Å². The van der Waals surface area contributed by atoms with Crippen molar-refractivity contribution in [1.29, 1.82) is 0 Å². The molecule has 8 nitrogen and oxygen atoms in total. The van der Waals surface area contributed by atoms with Crippen molar-refractivity contribution in [3.8, 4) is 0 Å². The number of hydrogen-bond donors (Lipinski definition) is 5. The van der Waals surface area contributed by atoms with Crippen molar-refractivity contribution in [2.75, 3.05) is 6.61 Å². The van der Waals surface area contributed by atoms with Crippen LogP contribution in [0.15, 0.2) is 0 Å². The Hall–Kier alpha value is -0.770. The molecule has 252 valence electrons. The molecule has 1 saturated heterocycles. The van der Waals surface area contributed by atoms with Crippen LogP contribution in [-0.2, 0) is 14.3 Å². The number of hydrogen-bond acceptors (Lipinski definition) is 8. The molecule has 5 aliphatic carbocycles. The highest BCUT2D eigenvalue weighted by Crippen LogP contribution is 2.77. The van der Waals surface area contributed by atoms with E-state index < -0.39 is 42.7 Å². The van der Waals surface area contributed by atoms with Gasteiger partial charge in [-0.3, -0.25) is 4.79 Å². The average molecular weight is 621 g/mol. The number of ether oxygens (including phenoxy) is 2. The second-order valence-corrected chi connectivity index (χ2v) is 18.3. The van der Waals surface area contributed by atoms with Crippen molar-refractivity contribution in [2.24, 2.45) is 56.2 Å². The van der Waals surface area contributed by atoms with Gasteiger partial charge < -0.3 is 35.0 Å². The Morgan fingerprint density at radius 1 is 0.727 bits per heavy atom. The van der Waals surface area contributed by atoms with E-state index in [2.05, 4.69) is 48.5 Å². The molecule has 14 atom stereocenters. The number of rotatable bonds is 3. The van der Waals surface area contributed by atoms with Crippen molar-refractivity contribution in [1.82, 2.24) is 0 Å². The van der Waals surface area contributed by atoms with Crippen LogP contribution in [0.3, 0.4) is 0 Å². The largest absolute Gasteiger partial charge is 0.432 e. The highest BCUT2D eigenvalue weighted by atomic mass is 16.7. The first kappa shape index (κ1) is 33.1. The summed E-state index contributed by atoms with van der Waals surface area (Å²) >= 11 is 0. The third kappa shape index (κ3) is 4.47. The Kier molecular flexibility index (Phi) is 8.00. The van der Waals surface area contributed by atoms with E-state index in [-0.39, 0.29) is 45.1 Å². The van der Waals surface area contributed by atoms with Gasteiger partial charge in [-0.15, -0.1) is 0 Å². The van der Waals surface area contributed by atoms with E-state index in [0.717, 1.165) is 70.6 Å². The van der Waals surface area contributed by atoms with Crippen LogP contribution in [0.2, 0.25) is 0 Å². The minimum Gasteiger partial charge on any atom is -0.432 e. The molecule has 0 unspecified atom stereocenters. The molecule has 0 aromatic carbocycles. The quantitative estimate of drug-likeness (QED) is 0.290. The van der Waals surface area contributed by atoms with Gasteiger partial charge in [-0.05, 0) is 121 Å².